The Morgan fingerprint density at radius 2 is 1.95 bits per heavy atom. The van der Waals surface area contributed by atoms with Crippen LogP contribution in [0.1, 0.15) is 32.6 Å². The highest BCUT2D eigenvalue weighted by atomic mass is 16.4. The van der Waals surface area contributed by atoms with Gasteiger partial charge in [0.2, 0.25) is 23.6 Å². The normalized spacial score (nSPS) is 15.4. The number of imide groups is 1. The Bertz CT molecular complexity index is 507. The predicted molar refractivity (Wildman–Crippen MR) is 62.6 cm³/mol. The fourth-order valence-corrected chi connectivity index (χ4v) is 1.55. The van der Waals surface area contributed by atoms with E-state index in [-0.39, 0.29) is 54.9 Å². The molecule has 1 aliphatic rings. The maximum atomic E-state index is 11.4. The van der Waals surface area contributed by atoms with Crippen LogP contribution >= 0.6 is 0 Å². The van der Waals surface area contributed by atoms with Crippen LogP contribution in [-0.4, -0.2) is 32.8 Å². The van der Waals surface area contributed by atoms with Gasteiger partial charge >= 0.3 is 6.01 Å². The Morgan fingerprint density at radius 3 is 2.53 bits per heavy atom. The van der Waals surface area contributed by atoms with Crippen LogP contribution in [0, 0.1) is 5.92 Å². The zero-order valence-corrected chi connectivity index (χ0v) is 10.7. The number of anilines is 1. The van der Waals surface area contributed by atoms with Crippen molar-refractivity contribution in [3.05, 3.63) is 5.89 Å². The van der Waals surface area contributed by atoms with E-state index in [1.54, 1.807) is 13.8 Å². The molecule has 102 valence electrons. The molecule has 1 N–H and O–H groups in total. The molecule has 1 saturated heterocycles. The fourth-order valence-electron chi connectivity index (χ4n) is 1.55. The topological polar surface area (TPSA) is 105 Å². The molecule has 1 fully saturated rings. The third-order valence-corrected chi connectivity index (χ3v) is 2.67. The van der Waals surface area contributed by atoms with Crippen molar-refractivity contribution in [1.29, 1.82) is 0 Å². The van der Waals surface area contributed by atoms with Gasteiger partial charge in [0.05, 0.1) is 0 Å². The molecule has 1 aromatic rings. The van der Waals surface area contributed by atoms with Gasteiger partial charge in [-0.3, -0.25) is 24.6 Å². The lowest BCUT2D eigenvalue weighted by molar-refractivity contribution is -0.139. The minimum absolute atomic E-state index is 0.0344. The lowest BCUT2D eigenvalue weighted by Gasteiger charge is -2.09. The lowest BCUT2D eigenvalue weighted by atomic mass is 10.2. The van der Waals surface area contributed by atoms with E-state index < -0.39 is 0 Å². The number of hydrogen-bond donors (Lipinski definition) is 1. The van der Waals surface area contributed by atoms with Gasteiger partial charge in [-0.2, -0.15) is 0 Å². The van der Waals surface area contributed by atoms with Crippen LogP contribution < -0.4 is 5.32 Å². The number of amides is 3. The highest BCUT2D eigenvalue weighted by Crippen LogP contribution is 2.16. The molecule has 19 heavy (non-hydrogen) atoms. The highest BCUT2D eigenvalue weighted by molar-refractivity contribution is 6.01. The summed E-state index contributed by atoms with van der Waals surface area (Å²) in [5.74, 6) is -0.852. The molecular formula is C11H14N4O4. The largest absolute Gasteiger partial charge is 0.406 e. The average molecular weight is 266 g/mol. The van der Waals surface area contributed by atoms with E-state index in [0.29, 0.717) is 0 Å². The summed E-state index contributed by atoms with van der Waals surface area (Å²) in [6.07, 6.45) is 0.424. The summed E-state index contributed by atoms with van der Waals surface area (Å²) in [6.45, 7) is 3.41. The number of nitrogens with zero attached hydrogens (tertiary/aromatic N) is 3. The first-order chi connectivity index (χ1) is 8.97. The van der Waals surface area contributed by atoms with Crippen LogP contribution in [0.3, 0.4) is 0 Å². The number of likely N-dealkylation sites (tertiary alicyclic amines) is 1. The Balaban J connectivity index is 1.99. The molecule has 8 nitrogen and oxygen atoms in total. The Morgan fingerprint density at radius 1 is 1.32 bits per heavy atom. The zero-order chi connectivity index (χ0) is 14.0. The second kappa shape index (κ2) is 5.17. The van der Waals surface area contributed by atoms with Crippen LogP contribution in [0.15, 0.2) is 4.42 Å². The van der Waals surface area contributed by atoms with E-state index in [0.717, 1.165) is 4.90 Å². The molecule has 0 bridgehead atoms. The molecule has 3 amide bonds. The third kappa shape index (κ3) is 2.95. The molecule has 0 spiro atoms. The van der Waals surface area contributed by atoms with E-state index in [1.807, 2.05) is 0 Å². The summed E-state index contributed by atoms with van der Waals surface area (Å²) in [5, 5.41) is 9.76. The summed E-state index contributed by atoms with van der Waals surface area (Å²) in [4.78, 5) is 35.3. The van der Waals surface area contributed by atoms with Crippen molar-refractivity contribution in [2.45, 2.75) is 33.2 Å². The van der Waals surface area contributed by atoms with Gasteiger partial charge in [-0.25, -0.2) is 0 Å². The minimum Gasteiger partial charge on any atom is -0.406 e. The molecule has 0 atom stereocenters. The number of nitrogens with one attached hydrogen (secondary N) is 1. The van der Waals surface area contributed by atoms with E-state index in [9.17, 15) is 14.4 Å². The molecule has 0 aromatic carbocycles. The number of carbonyl (C=O) groups is 3. The van der Waals surface area contributed by atoms with Gasteiger partial charge in [0.1, 0.15) is 6.54 Å². The van der Waals surface area contributed by atoms with Gasteiger partial charge in [-0.15, -0.1) is 5.10 Å². The highest BCUT2D eigenvalue weighted by Gasteiger charge is 2.30. The van der Waals surface area contributed by atoms with Crippen molar-refractivity contribution >= 4 is 23.7 Å². The number of hydrogen-bond acceptors (Lipinski definition) is 6. The van der Waals surface area contributed by atoms with Crippen molar-refractivity contribution in [1.82, 2.24) is 15.1 Å². The lowest BCUT2D eigenvalue weighted by Crippen LogP contribution is -2.28. The molecular weight excluding hydrogens is 252 g/mol. The summed E-state index contributed by atoms with van der Waals surface area (Å²) in [6, 6.07) is -0.0344. The third-order valence-electron chi connectivity index (χ3n) is 2.67. The number of rotatable bonds is 4. The van der Waals surface area contributed by atoms with Gasteiger partial charge in [0, 0.05) is 18.8 Å². The zero-order valence-electron chi connectivity index (χ0n) is 10.7. The standard InChI is InChI=1S/C11H14N4O4/c1-6(2)10(18)12-11-14-13-7(19-11)5-15-8(16)3-4-9(15)17/h6H,3-5H2,1-2H3,(H,12,14,18). The van der Waals surface area contributed by atoms with Crippen molar-refractivity contribution < 1.29 is 18.8 Å². The van der Waals surface area contributed by atoms with E-state index >= 15 is 0 Å². The Labute approximate surface area is 109 Å². The SMILES string of the molecule is CC(C)C(=O)Nc1nnc(CN2C(=O)CCC2=O)o1. The van der Waals surface area contributed by atoms with Gasteiger partial charge in [-0.05, 0) is 0 Å². The molecule has 0 aliphatic carbocycles. The van der Waals surface area contributed by atoms with Crippen LogP contribution in [0.4, 0.5) is 6.01 Å². The van der Waals surface area contributed by atoms with Crippen molar-refractivity contribution in [3.8, 4) is 0 Å². The van der Waals surface area contributed by atoms with Gasteiger partial charge < -0.3 is 4.42 Å². The van der Waals surface area contributed by atoms with Gasteiger partial charge in [0.25, 0.3) is 0 Å². The maximum Gasteiger partial charge on any atom is 0.322 e. The van der Waals surface area contributed by atoms with E-state index in [4.69, 9.17) is 4.42 Å². The Hall–Kier alpha value is -2.25. The maximum absolute atomic E-state index is 11.4. The minimum atomic E-state index is -0.254. The van der Waals surface area contributed by atoms with Crippen molar-refractivity contribution in [2.75, 3.05) is 5.32 Å². The summed E-state index contributed by atoms with van der Waals surface area (Å²) in [5.41, 5.74) is 0. The predicted octanol–water partition coefficient (Wildman–Crippen LogP) is 0.313. The summed E-state index contributed by atoms with van der Waals surface area (Å²) < 4.78 is 5.16. The van der Waals surface area contributed by atoms with Gasteiger partial charge in [0.15, 0.2) is 0 Å². The molecule has 0 radical (unpaired) electrons. The van der Waals surface area contributed by atoms with Crippen molar-refractivity contribution in [3.63, 3.8) is 0 Å². The molecule has 2 rings (SSSR count). The first-order valence-corrected chi connectivity index (χ1v) is 5.94. The summed E-state index contributed by atoms with van der Waals surface area (Å²) in [7, 11) is 0. The molecule has 2 heterocycles. The second-order valence-corrected chi connectivity index (χ2v) is 4.52. The van der Waals surface area contributed by atoms with Crippen LogP contribution in [0.25, 0.3) is 0 Å². The monoisotopic (exact) mass is 266 g/mol. The van der Waals surface area contributed by atoms with E-state index in [1.165, 1.54) is 0 Å². The summed E-state index contributed by atoms with van der Waals surface area (Å²) >= 11 is 0. The van der Waals surface area contributed by atoms with E-state index in [2.05, 4.69) is 15.5 Å². The number of carbonyl (C=O) groups excluding carboxylic acids is 3. The second-order valence-electron chi connectivity index (χ2n) is 4.52. The van der Waals surface area contributed by atoms with Crippen molar-refractivity contribution in [2.24, 2.45) is 5.92 Å². The number of aromatic nitrogens is 2. The molecule has 1 aliphatic heterocycles. The van der Waals surface area contributed by atoms with Crippen LogP contribution in [0.5, 0.6) is 0 Å². The van der Waals surface area contributed by atoms with Gasteiger partial charge in [-0.1, -0.05) is 18.9 Å². The molecule has 1 aromatic heterocycles. The average Bonchev–Trinajstić information content (AvgIpc) is 2.91. The smallest absolute Gasteiger partial charge is 0.322 e. The molecule has 8 heteroatoms. The Kier molecular flexibility index (Phi) is 3.59. The molecule has 0 unspecified atom stereocenters. The fraction of sp³-hybridized carbons (Fsp3) is 0.545. The van der Waals surface area contributed by atoms with Crippen LogP contribution in [-0.2, 0) is 20.9 Å². The first-order valence-electron chi connectivity index (χ1n) is 5.94. The van der Waals surface area contributed by atoms with Crippen LogP contribution in [0.2, 0.25) is 0 Å². The molecule has 0 saturated carbocycles. The quantitative estimate of drug-likeness (QED) is 0.786. The first kappa shape index (κ1) is 13.2.